The Morgan fingerprint density at radius 1 is 1.38 bits per heavy atom. The van der Waals surface area contributed by atoms with Crippen LogP contribution in [0.5, 0.6) is 0 Å². The van der Waals surface area contributed by atoms with Gasteiger partial charge in [0, 0.05) is 18.2 Å². The molecular formula is C17H19NO3. The number of rotatable bonds is 4. The number of nitrogens with one attached hydrogen (secondary N) is 1. The molecule has 2 N–H and O–H groups in total. The number of hydrogen-bond donors (Lipinski definition) is 2. The molecule has 2 rings (SSSR count). The molecule has 1 amide bonds. The first kappa shape index (κ1) is 14.9. The average Bonchev–Trinajstić information content (AvgIpc) is 2.45. The third kappa shape index (κ3) is 4.24. The molecule has 1 aromatic rings. The predicted octanol–water partition coefficient (Wildman–Crippen LogP) is 3.63. The Morgan fingerprint density at radius 3 is 2.86 bits per heavy atom. The quantitative estimate of drug-likeness (QED) is 0.831. The van der Waals surface area contributed by atoms with Crippen molar-refractivity contribution < 1.29 is 14.6 Å². The van der Waals surface area contributed by atoms with Crippen LogP contribution in [0.1, 0.15) is 18.4 Å². The summed E-state index contributed by atoms with van der Waals surface area (Å²) < 4.78 is 5.05. The highest BCUT2D eigenvalue weighted by atomic mass is 16.5. The highest BCUT2D eigenvalue weighted by Gasteiger charge is 2.11. The van der Waals surface area contributed by atoms with E-state index >= 15 is 0 Å². The van der Waals surface area contributed by atoms with Crippen molar-refractivity contribution in [3.8, 4) is 0 Å². The monoisotopic (exact) mass is 285 g/mol. The van der Waals surface area contributed by atoms with Gasteiger partial charge in [0.1, 0.15) is 5.76 Å². The number of anilines is 1. The molecule has 4 nitrogen and oxygen atoms in total. The average molecular weight is 285 g/mol. The van der Waals surface area contributed by atoms with Crippen LogP contribution in [0.25, 0.3) is 0 Å². The maximum atomic E-state index is 11.8. The lowest BCUT2D eigenvalue weighted by atomic mass is 10.0. The third-order valence-electron chi connectivity index (χ3n) is 3.23. The van der Waals surface area contributed by atoms with Crippen molar-refractivity contribution in [3.05, 3.63) is 65.1 Å². The molecule has 1 aliphatic carbocycles. The summed E-state index contributed by atoms with van der Waals surface area (Å²) >= 11 is 0. The van der Waals surface area contributed by atoms with Crippen LogP contribution in [0, 0.1) is 6.92 Å². The molecule has 0 spiro atoms. The minimum Gasteiger partial charge on any atom is -0.504 e. The maximum absolute atomic E-state index is 11.8. The maximum Gasteiger partial charge on any atom is 0.248 e. The second kappa shape index (κ2) is 6.79. The molecule has 0 bridgehead atoms. The van der Waals surface area contributed by atoms with E-state index < -0.39 is 0 Å². The number of benzene rings is 1. The number of carbonyl (C=O) groups excluding carboxylic acids is 1. The molecule has 0 aliphatic heterocycles. The van der Waals surface area contributed by atoms with E-state index in [-0.39, 0.29) is 11.7 Å². The minimum atomic E-state index is -0.192. The second-order valence-corrected chi connectivity index (χ2v) is 4.92. The molecule has 0 saturated carbocycles. The number of methoxy groups -OCH3 is 1. The van der Waals surface area contributed by atoms with Crippen LogP contribution in [0.4, 0.5) is 5.69 Å². The van der Waals surface area contributed by atoms with Crippen molar-refractivity contribution in [2.45, 2.75) is 19.8 Å². The lowest BCUT2D eigenvalue weighted by Crippen LogP contribution is -2.08. The van der Waals surface area contributed by atoms with Crippen LogP contribution in [-0.4, -0.2) is 18.1 Å². The predicted molar refractivity (Wildman–Crippen MR) is 82.9 cm³/mol. The SMILES string of the molecule is COC1=C(O)C=C(/C=C/C(=O)Nc2cccc(C)c2)CC1. The van der Waals surface area contributed by atoms with Crippen LogP contribution in [-0.2, 0) is 9.53 Å². The Bertz CT molecular complexity index is 627. The number of aryl methyl sites for hydroxylation is 1. The Kier molecular flexibility index (Phi) is 4.82. The number of aliphatic hydroxyl groups is 1. The fourth-order valence-corrected chi connectivity index (χ4v) is 2.14. The molecule has 4 heteroatoms. The summed E-state index contributed by atoms with van der Waals surface area (Å²) in [5, 5.41) is 12.5. The first-order valence-corrected chi connectivity index (χ1v) is 6.81. The van der Waals surface area contributed by atoms with E-state index in [4.69, 9.17) is 4.74 Å². The number of ether oxygens (including phenoxy) is 1. The van der Waals surface area contributed by atoms with Gasteiger partial charge < -0.3 is 15.2 Å². The van der Waals surface area contributed by atoms with E-state index in [2.05, 4.69) is 5.32 Å². The van der Waals surface area contributed by atoms with Crippen LogP contribution in [0.15, 0.2) is 59.6 Å². The van der Waals surface area contributed by atoms with Gasteiger partial charge in [-0.15, -0.1) is 0 Å². The van der Waals surface area contributed by atoms with Gasteiger partial charge in [-0.1, -0.05) is 18.2 Å². The molecule has 0 fully saturated rings. The van der Waals surface area contributed by atoms with E-state index in [0.29, 0.717) is 12.2 Å². The van der Waals surface area contributed by atoms with Crippen LogP contribution in [0.2, 0.25) is 0 Å². The Morgan fingerprint density at radius 2 is 2.19 bits per heavy atom. The zero-order valence-corrected chi connectivity index (χ0v) is 12.2. The van der Waals surface area contributed by atoms with Gasteiger partial charge in [-0.25, -0.2) is 0 Å². The van der Waals surface area contributed by atoms with Crippen LogP contribution >= 0.6 is 0 Å². The van der Waals surface area contributed by atoms with E-state index in [1.807, 2.05) is 31.2 Å². The van der Waals surface area contributed by atoms with Crippen molar-refractivity contribution >= 4 is 11.6 Å². The van der Waals surface area contributed by atoms with Gasteiger partial charge in [0.05, 0.1) is 7.11 Å². The molecule has 0 atom stereocenters. The smallest absolute Gasteiger partial charge is 0.248 e. The number of carbonyl (C=O) groups is 1. The second-order valence-electron chi connectivity index (χ2n) is 4.92. The summed E-state index contributed by atoms with van der Waals surface area (Å²) in [6.45, 7) is 1.97. The standard InChI is InChI=1S/C17H19NO3/c1-12-4-3-5-14(10-12)18-17(20)9-7-13-6-8-16(21-2)15(19)11-13/h3-5,7,9-11,19H,6,8H2,1-2H3,(H,18,20)/b9-7+. The molecule has 110 valence electrons. The highest BCUT2D eigenvalue weighted by Crippen LogP contribution is 2.23. The first-order chi connectivity index (χ1) is 10.1. The summed E-state index contributed by atoms with van der Waals surface area (Å²) in [6, 6.07) is 7.62. The molecular weight excluding hydrogens is 266 g/mol. The van der Waals surface area contributed by atoms with Gasteiger partial charge in [-0.2, -0.15) is 0 Å². The van der Waals surface area contributed by atoms with Crippen molar-refractivity contribution in [1.29, 1.82) is 0 Å². The molecule has 21 heavy (non-hydrogen) atoms. The fraction of sp³-hybridized carbons (Fsp3) is 0.235. The zero-order chi connectivity index (χ0) is 15.2. The number of allylic oxidation sites excluding steroid dienone is 4. The first-order valence-electron chi connectivity index (χ1n) is 6.81. The highest BCUT2D eigenvalue weighted by molar-refractivity contribution is 5.99. The van der Waals surface area contributed by atoms with Gasteiger partial charge in [-0.3, -0.25) is 4.79 Å². The Hall–Kier alpha value is -2.49. The minimum absolute atomic E-state index is 0.127. The number of aliphatic hydroxyl groups excluding tert-OH is 1. The third-order valence-corrected chi connectivity index (χ3v) is 3.23. The summed E-state index contributed by atoms with van der Waals surface area (Å²) in [6.07, 6.45) is 6.19. The summed E-state index contributed by atoms with van der Waals surface area (Å²) in [5.41, 5.74) is 2.76. The van der Waals surface area contributed by atoms with Crippen molar-refractivity contribution in [2.75, 3.05) is 12.4 Å². The summed E-state index contributed by atoms with van der Waals surface area (Å²) in [7, 11) is 1.54. The number of amides is 1. The van der Waals surface area contributed by atoms with Gasteiger partial charge in [0.2, 0.25) is 5.91 Å². The van der Waals surface area contributed by atoms with E-state index in [1.165, 1.54) is 13.2 Å². The molecule has 0 heterocycles. The van der Waals surface area contributed by atoms with Crippen LogP contribution in [0.3, 0.4) is 0 Å². The van der Waals surface area contributed by atoms with Crippen LogP contribution < -0.4 is 5.32 Å². The molecule has 0 saturated heterocycles. The van der Waals surface area contributed by atoms with Crippen molar-refractivity contribution in [2.24, 2.45) is 0 Å². The largest absolute Gasteiger partial charge is 0.504 e. The number of hydrogen-bond acceptors (Lipinski definition) is 3. The molecule has 1 aromatic carbocycles. The van der Waals surface area contributed by atoms with Crippen molar-refractivity contribution in [3.63, 3.8) is 0 Å². The zero-order valence-electron chi connectivity index (χ0n) is 12.2. The lowest BCUT2D eigenvalue weighted by molar-refractivity contribution is -0.111. The normalized spacial score (nSPS) is 15.0. The topological polar surface area (TPSA) is 58.6 Å². The molecule has 0 unspecified atom stereocenters. The Labute approximate surface area is 124 Å². The lowest BCUT2D eigenvalue weighted by Gasteiger charge is -2.13. The van der Waals surface area contributed by atoms with Gasteiger partial charge >= 0.3 is 0 Å². The molecule has 0 aromatic heterocycles. The van der Waals surface area contributed by atoms with E-state index in [1.54, 1.807) is 12.2 Å². The molecule has 1 aliphatic rings. The summed E-state index contributed by atoms with van der Waals surface area (Å²) in [5.74, 6) is 0.515. The Balaban J connectivity index is 1.98. The van der Waals surface area contributed by atoms with E-state index in [9.17, 15) is 9.90 Å². The van der Waals surface area contributed by atoms with Gasteiger partial charge in [-0.05, 0) is 42.7 Å². The fourth-order valence-electron chi connectivity index (χ4n) is 2.14. The van der Waals surface area contributed by atoms with Crippen molar-refractivity contribution in [1.82, 2.24) is 0 Å². The molecule has 0 radical (unpaired) electrons. The van der Waals surface area contributed by atoms with Gasteiger partial charge in [0.15, 0.2) is 5.76 Å². The van der Waals surface area contributed by atoms with E-state index in [0.717, 1.165) is 23.2 Å². The van der Waals surface area contributed by atoms with Gasteiger partial charge in [0.25, 0.3) is 0 Å². The summed E-state index contributed by atoms with van der Waals surface area (Å²) in [4.78, 5) is 11.8.